The largest absolute Gasteiger partial charge is 0.485 e. The van der Waals surface area contributed by atoms with Crippen LogP contribution in [-0.4, -0.2) is 13.2 Å². The molecule has 1 aromatic heterocycles. The fourth-order valence-corrected chi connectivity index (χ4v) is 8.15. The summed E-state index contributed by atoms with van der Waals surface area (Å²) in [5.74, 6) is 1.91. The van der Waals surface area contributed by atoms with E-state index in [1.165, 1.54) is 122 Å². The molecule has 216 valence electrons. The van der Waals surface area contributed by atoms with Crippen molar-refractivity contribution >= 4 is 11.3 Å². The van der Waals surface area contributed by atoms with Crippen molar-refractivity contribution in [3.8, 4) is 33.1 Å². The van der Waals surface area contributed by atoms with Crippen LogP contribution in [0.3, 0.4) is 0 Å². The van der Waals surface area contributed by atoms with E-state index in [2.05, 4.69) is 64.1 Å². The summed E-state index contributed by atoms with van der Waals surface area (Å²) in [7, 11) is 0. The number of ether oxygens (including phenoxy) is 2. The van der Waals surface area contributed by atoms with Crippen LogP contribution in [0.15, 0.2) is 36.4 Å². The van der Waals surface area contributed by atoms with Crippen LogP contribution >= 0.6 is 11.3 Å². The molecule has 0 N–H and O–H groups in total. The molecule has 1 aliphatic heterocycles. The fraction of sp³-hybridized carbons (Fsp3) is 0.568. The lowest BCUT2D eigenvalue weighted by Crippen LogP contribution is -2.25. The second-order valence-corrected chi connectivity index (χ2v) is 13.5. The molecule has 2 heterocycles. The summed E-state index contributed by atoms with van der Waals surface area (Å²) in [6.45, 7) is 10.3. The summed E-state index contributed by atoms with van der Waals surface area (Å²) < 4.78 is 12.2. The standard InChI is InChI=1S/C37H50O2S/c1-5-7-9-11-13-15-21-37(22-16-14-12-10-8-6-2)32-25-27(3)17-19-30(32)31-20-18-29(26-33(31)37)36-35-34(28(4)40-36)38-23-24-39-35/h17-20,25-26H,5-16,21-24H2,1-4H3. The Labute approximate surface area is 247 Å². The molecule has 0 bridgehead atoms. The first-order chi connectivity index (χ1) is 19.6. The van der Waals surface area contributed by atoms with E-state index in [-0.39, 0.29) is 5.41 Å². The molecule has 0 fully saturated rings. The van der Waals surface area contributed by atoms with Gasteiger partial charge < -0.3 is 9.47 Å². The third-order valence-corrected chi connectivity index (χ3v) is 10.4. The Hall–Kier alpha value is -2.26. The predicted molar refractivity (Wildman–Crippen MR) is 172 cm³/mol. The number of hydrogen-bond donors (Lipinski definition) is 0. The second kappa shape index (κ2) is 13.6. The van der Waals surface area contributed by atoms with E-state index in [4.69, 9.17) is 9.47 Å². The number of thiophene rings is 1. The summed E-state index contributed by atoms with van der Waals surface area (Å²) in [6, 6.07) is 14.5. The molecule has 0 saturated heterocycles. The summed E-state index contributed by atoms with van der Waals surface area (Å²) in [5.41, 5.74) is 8.85. The van der Waals surface area contributed by atoms with Crippen LogP contribution in [0.1, 0.15) is 125 Å². The van der Waals surface area contributed by atoms with Crippen LogP contribution in [0, 0.1) is 13.8 Å². The molecule has 0 unspecified atom stereocenters. The van der Waals surface area contributed by atoms with Crippen molar-refractivity contribution in [2.45, 2.75) is 123 Å². The van der Waals surface area contributed by atoms with Crippen LogP contribution in [0.5, 0.6) is 11.5 Å². The van der Waals surface area contributed by atoms with Crippen molar-refractivity contribution in [3.63, 3.8) is 0 Å². The van der Waals surface area contributed by atoms with Crippen LogP contribution in [0.2, 0.25) is 0 Å². The third kappa shape index (κ3) is 6.01. The SMILES string of the molecule is CCCCCCCCC1(CCCCCCCC)c2cc(C)ccc2-c2ccc(-c3sc(C)c4c3OCCO4)cc21. The van der Waals surface area contributed by atoms with Gasteiger partial charge in [-0.3, -0.25) is 0 Å². The highest BCUT2D eigenvalue weighted by Crippen LogP contribution is 2.56. The highest BCUT2D eigenvalue weighted by atomic mass is 32.1. The molecular formula is C37H50O2S. The van der Waals surface area contributed by atoms with Gasteiger partial charge in [0.15, 0.2) is 11.5 Å². The molecule has 2 aromatic carbocycles. The van der Waals surface area contributed by atoms with Gasteiger partial charge >= 0.3 is 0 Å². The van der Waals surface area contributed by atoms with Gasteiger partial charge in [-0.2, -0.15) is 0 Å². The maximum Gasteiger partial charge on any atom is 0.180 e. The van der Waals surface area contributed by atoms with Crippen LogP contribution in [0.4, 0.5) is 0 Å². The smallest absolute Gasteiger partial charge is 0.180 e. The average molecular weight is 559 g/mol. The monoisotopic (exact) mass is 558 g/mol. The normalized spacial score (nSPS) is 14.8. The van der Waals surface area contributed by atoms with Gasteiger partial charge in [0, 0.05) is 10.3 Å². The van der Waals surface area contributed by atoms with Crippen LogP contribution < -0.4 is 9.47 Å². The van der Waals surface area contributed by atoms with Crippen molar-refractivity contribution in [1.29, 1.82) is 0 Å². The highest BCUT2D eigenvalue weighted by Gasteiger charge is 2.42. The molecule has 2 nitrogen and oxygen atoms in total. The number of rotatable bonds is 15. The molecule has 0 saturated carbocycles. The fourth-order valence-electron chi connectivity index (χ4n) is 7.11. The summed E-state index contributed by atoms with van der Waals surface area (Å²) in [6.07, 6.45) is 18.7. The molecule has 3 heteroatoms. The Kier molecular flexibility index (Phi) is 9.94. The lowest BCUT2D eigenvalue weighted by molar-refractivity contribution is 0.173. The zero-order valence-electron chi connectivity index (χ0n) is 25.5. The Morgan fingerprint density at radius 3 is 1.85 bits per heavy atom. The number of benzene rings is 2. The molecule has 5 rings (SSSR count). The van der Waals surface area contributed by atoms with Crippen molar-refractivity contribution < 1.29 is 9.47 Å². The van der Waals surface area contributed by atoms with Gasteiger partial charge in [-0.1, -0.05) is 127 Å². The lowest BCUT2D eigenvalue weighted by Gasteiger charge is -2.33. The topological polar surface area (TPSA) is 18.5 Å². The van der Waals surface area contributed by atoms with Crippen molar-refractivity contribution in [3.05, 3.63) is 58.0 Å². The number of unbranched alkanes of at least 4 members (excludes halogenated alkanes) is 10. The van der Waals surface area contributed by atoms with Gasteiger partial charge in [0.05, 0.1) is 4.88 Å². The summed E-state index contributed by atoms with van der Waals surface area (Å²) >= 11 is 1.82. The first-order valence-electron chi connectivity index (χ1n) is 16.2. The van der Waals surface area contributed by atoms with Gasteiger partial charge in [-0.25, -0.2) is 0 Å². The summed E-state index contributed by atoms with van der Waals surface area (Å²) in [5, 5.41) is 0. The van der Waals surface area contributed by atoms with E-state index in [0.717, 1.165) is 11.5 Å². The molecule has 0 spiro atoms. The molecule has 2 aliphatic rings. The first kappa shape index (κ1) is 29.2. The van der Waals surface area contributed by atoms with Crippen molar-refractivity contribution in [1.82, 2.24) is 0 Å². The minimum Gasteiger partial charge on any atom is -0.485 e. The first-order valence-corrected chi connectivity index (χ1v) is 17.1. The molecular weight excluding hydrogens is 508 g/mol. The van der Waals surface area contributed by atoms with Crippen molar-refractivity contribution in [2.75, 3.05) is 13.2 Å². The minimum absolute atomic E-state index is 0.103. The maximum absolute atomic E-state index is 6.19. The Balaban J connectivity index is 1.52. The third-order valence-electron chi connectivity index (χ3n) is 9.26. The van der Waals surface area contributed by atoms with E-state index in [0.29, 0.717) is 13.2 Å². The minimum atomic E-state index is 0.103. The highest BCUT2D eigenvalue weighted by molar-refractivity contribution is 7.16. The van der Waals surface area contributed by atoms with Gasteiger partial charge in [0.1, 0.15) is 13.2 Å². The predicted octanol–water partition coefficient (Wildman–Crippen LogP) is 11.6. The van der Waals surface area contributed by atoms with Crippen LogP contribution in [0.25, 0.3) is 21.6 Å². The van der Waals surface area contributed by atoms with E-state index in [9.17, 15) is 0 Å². The van der Waals surface area contributed by atoms with E-state index in [1.54, 1.807) is 11.1 Å². The molecule has 3 aromatic rings. The van der Waals surface area contributed by atoms with Crippen molar-refractivity contribution in [2.24, 2.45) is 0 Å². The molecule has 0 amide bonds. The zero-order valence-corrected chi connectivity index (χ0v) is 26.3. The zero-order chi connectivity index (χ0) is 28.0. The average Bonchev–Trinajstić information content (AvgIpc) is 3.44. The maximum atomic E-state index is 6.19. The van der Waals surface area contributed by atoms with E-state index in [1.807, 2.05) is 11.3 Å². The van der Waals surface area contributed by atoms with E-state index < -0.39 is 0 Å². The number of fused-ring (bicyclic) bond motifs is 4. The van der Waals surface area contributed by atoms with E-state index >= 15 is 0 Å². The Morgan fingerprint density at radius 1 is 0.650 bits per heavy atom. The molecule has 0 radical (unpaired) electrons. The summed E-state index contributed by atoms with van der Waals surface area (Å²) in [4.78, 5) is 2.45. The van der Waals surface area contributed by atoms with Gasteiger partial charge in [0.2, 0.25) is 0 Å². The van der Waals surface area contributed by atoms with Gasteiger partial charge in [-0.15, -0.1) is 11.3 Å². The molecule has 0 atom stereocenters. The quantitative estimate of drug-likeness (QED) is 0.173. The molecule has 1 aliphatic carbocycles. The second-order valence-electron chi connectivity index (χ2n) is 12.3. The van der Waals surface area contributed by atoms with Gasteiger partial charge in [-0.05, 0) is 60.6 Å². The van der Waals surface area contributed by atoms with Crippen LogP contribution in [-0.2, 0) is 5.41 Å². The Morgan fingerprint density at radius 2 is 1.20 bits per heavy atom. The number of hydrogen-bond acceptors (Lipinski definition) is 3. The van der Waals surface area contributed by atoms with Gasteiger partial charge in [0.25, 0.3) is 0 Å². The number of aryl methyl sites for hydroxylation is 2. The molecule has 40 heavy (non-hydrogen) atoms. The lowest BCUT2D eigenvalue weighted by atomic mass is 9.70. The Bertz CT molecular complexity index is 1250.